The zero-order valence-electron chi connectivity index (χ0n) is 10.6. The molecule has 2 N–H and O–H groups in total. The molecule has 3 nitrogen and oxygen atoms in total. The van der Waals surface area contributed by atoms with Crippen molar-refractivity contribution in [3.05, 3.63) is 41.5 Å². The summed E-state index contributed by atoms with van der Waals surface area (Å²) in [5.74, 6) is 0.374. The van der Waals surface area contributed by atoms with Gasteiger partial charge in [-0.25, -0.2) is 14.4 Å². The lowest BCUT2D eigenvalue weighted by Crippen LogP contribution is -2.01. The molecule has 0 saturated heterocycles. The first-order valence-electron chi connectivity index (χ1n) is 5.99. The quantitative estimate of drug-likeness (QED) is 0.903. The van der Waals surface area contributed by atoms with Gasteiger partial charge >= 0.3 is 0 Å². The van der Waals surface area contributed by atoms with E-state index >= 15 is 0 Å². The van der Waals surface area contributed by atoms with E-state index in [1.165, 1.54) is 6.07 Å². The highest BCUT2D eigenvalue weighted by atomic mass is 19.1. The maximum Gasteiger partial charge on any atom is 0.159 e. The van der Waals surface area contributed by atoms with Gasteiger partial charge in [0.1, 0.15) is 5.82 Å². The summed E-state index contributed by atoms with van der Waals surface area (Å²) in [6, 6.07) is 4.87. The molecule has 0 spiro atoms. The predicted molar refractivity (Wildman–Crippen MR) is 70.6 cm³/mol. The Balaban J connectivity index is 2.44. The number of benzene rings is 1. The van der Waals surface area contributed by atoms with E-state index in [0.717, 1.165) is 24.1 Å². The number of anilines is 1. The normalized spacial score (nSPS) is 10.6. The third-order valence-electron chi connectivity index (χ3n) is 2.80. The van der Waals surface area contributed by atoms with Crippen molar-refractivity contribution in [2.75, 3.05) is 5.73 Å². The third-order valence-corrected chi connectivity index (χ3v) is 2.80. The van der Waals surface area contributed by atoms with E-state index in [0.29, 0.717) is 17.1 Å². The Hall–Kier alpha value is -1.97. The van der Waals surface area contributed by atoms with Crippen molar-refractivity contribution in [2.45, 2.75) is 26.7 Å². The second kappa shape index (κ2) is 5.12. The summed E-state index contributed by atoms with van der Waals surface area (Å²) in [6.07, 6.45) is 3.41. The van der Waals surface area contributed by atoms with Gasteiger partial charge in [0.15, 0.2) is 5.82 Å². The van der Waals surface area contributed by atoms with Crippen LogP contribution in [-0.2, 0) is 6.42 Å². The van der Waals surface area contributed by atoms with E-state index in [-0.39, 0.29) is 5.82 Å². The summed E-state index contributed by atoms with van der Waals surface area (Å²) < 4.78 is 13.2. The standard InChI is InChI=1S/C14H16FN3/c1-3-4-13-12(16)8-17-14(18-13)10-5-6-11(15)9(2)7-10/h5-8H,3-4,16H2,1-2H3. The number of rotatable bonds is 3. The molecule has 0 radical (unpaired) electrons. The molecule has 0 saturated carbocycles. The lowest BCUT2D eigenvalue weighted by Gasteiger charge is -2.07. The molecule has 0 aliphatic rings. The summed E-state index contributed by atoms with van der Waals surface area (Å²) >= 11 is 0. The first-order valence-corrected chi connectivity index (χ1v) is 5.99. The highest BCUT2D eigenvalue weighted by molar-refractivity contribution is 5.58. The highest BCUT2D eigenvalue weighted by Gasteiger charge is 2.07. The van der Waals surface area contributed by atoms with Crippen LogP contribution in [0.15, 0.2) is 24.4 Å². The lowest BCUT2D eigenvalue weighted by atomic mass is 10.1. The zero-order valence-corrected chi connectivity index (χ0v) is 10.6. The second-order valence-corrected chi connectivity index (χ2v) is 4.31. The van der Waals surface area contributed by atoms with E-state index in [1.54, 1.807) is 25.3 Å². The van der Waals surface area contributed by atoms with Gasteiger partial charge in [-0.2, -0.15) is 0 Å². The first-order chi connectivity index (χ1) is 8.61. The van der Waals surface area contributed by atoms with Crippen molar-refractivity contribution in [2.24, 2.45) is 0 Å². The molecule has 1 aromatic carbocycles. The summed E-state index contributed by atoms with van der Waals surface area (Å²) in [4.78, 5) is 8.65. The van der Waals surface area contributed by atoms with Crippen LogP contribution < -0.4 is 5.73 Å². The average Bonchev–Trinajstić information content (AvgIpc) is 2.36. The molecule has 18 heavy (non-hydrogen) atoms. The van der Waals surface area contributed by atoms with Crippen LogP contribution >= 0.6 is 0 Å². The van der Waals surface area contributed by atoms with Crippen molar-refractivity contribution < 1.29 is 4.39 Å². The number of nitrogens with two attached hydrogens (primary N) is 1. The number of nitrogen functional groups attached to an aromatic ring is 1. The fraction of sp³-hybridized carbons (Fsp3) is 0.286. The number of nitrogens with zero attached hydrogens (tertiary/aromatic N) is 2. The average molecular weight is 245 g/mol. The predicted octanol–water partition coefficient (Wildman–Crippen LogP) is 3.13. The molecule has 1 aromatic heterocycles. The van der Waals surface area contributed by atoms with Gasteiger partial charge in [0, 0.05) is 5.56 Å². The van der Waals surface area contributed by atoms with Crippen molar-refractivity contribution in [3.63, 3.8) is 0 Å². The Morgan fingerprint density at radius 1 is 1.33 bits per heavy atom. The van der Waals surface area contributed by atoms with Crippen molar-refractivity contribution in [1.82, 2.24) is 9.97 Å². The molecule has 0 amide bonds. The molecule has 2 rings (SSSR count). The van der Waals surface area contributed by atoms with Crippen molar-refractivity contribution >= 4 is 5.69 Å². The number of aryl methyl sites for hydroxylation is 2. The van der Waals surface area contributed by atoms with Gasteiger partial charge in [0.25, 0.3) is 0 Å². The zero-order chi connectivity index (χ0) is 13.1. The van der Waals surface area contributed by atoms with E-state index in [1.807, 2.05) is 0 Å². The highest BCUT2D eigenvalue weighted by Crippen LogP contribution is 2.20. The minimum absolute atomic E-state index is 0.219. The van der Waals surface area contributed by atoms with Crippen molar-refractivity contribution in [1.29, 1.82) is 0 Å². The Morgan fingerprint density at radius 3 is 2.78 bits per heavy atom. The van der Waals surface area contributed by atoms with Gasteiger partial charge in [0.05, 0.1) is 17.6 Å². The van der Waals surface area contributed by atoms with Crippen LogP contribution in [0, 0.1) is 12.7 Å². The van der Waals surface area contributed by atoms with Crippen LogP contribution in [0.2, 0.25) is 0 Å². The van der Waals surface area contributed by atoms with Crippen LogP contribution in [-0.4, -0.2) is 9.97 Å². The first kappa shape index (κ1) is 12.5. The Labute approximate surface area is 106 Å². The topological polar surface area (TPSA) is 51.8 Å². The molecule has 0 bridgehead atoms. The summed E-state index contributed by atoms with van der Waals surface area (Å²) in [6.45, 7) is 3.80. The van der Waals surface area contributed by atoms with E-state index in [9.17, 15) is 4.39 Å². The minimum Gasteiger partial charge on any atom is -0.396 e. The monoisotopic (exact) mass is 245 g/mol. The van der Waals surface area contributed by atoms with Crippen molar-refractivity contribution in [3.8, 4) is 11.4 Å². The maximum absolute atomic E-state index is 13.2. The van der Waals surface area contributed by atoms with E-state index < -0.39 is 0 Å². The van der Waals surface area contributed by atoms with Crippen LogP contribution in [0.25, 0.3) is 11.4 Å². The lowest BCUT2D eigenvalue weighted by molar-refractivity contribution is 0.618. The fourth-order valence-electron chi connectivity index (χ4n) is 1.79. The van der Waals surface area contributed by atoms with Gasteiger partial charge in [-0.1, -0.05) is 13.3 Å². The number of hydrogen-bond donors (Lipinski definition) is 1. The molecule has 0 atom stereocenters. The van der Waals surface area contributed by atoms with Gasteiger partial charge in [-0.3, -0.25) is 0 Å². The van der Waals surface area contributed by atoms with E-state index in [4.69, 9.17) is 5.73 Å². The number of halogens is 1. The van der Waals surface area contributed by atoms with Crippen LogP contribution in [0.5, 0.6) is 0 Å². The Kier molecular flexibility index (Phi) is 3.55. The number of hydrogen-bond acceptors (Lipinski definition) is 3. The van der Waals surface area contributed by atoms with Gasteiger partial charge in [0.2, 0.25) is 0 Å². The number of aromatic nitrogens is 2. The summed E-state index contributed by atoms with van der Waals surface area (Å²) in [5, 5.41) is 0. The maximum atomic E-state index is 13.2. The largest absolute Gasteiger partial charge is 0.396 e. The third kappa shape index (κ3) is 2.47. The summed E-state index contributed by atoms with van der Waals surface area (Å²) in [5.41, 5.74) is 8.68. The van der Waals surface area contributed by atoms with Crippen LogP contribution in [0.1, 0.15) is 24.6 Å². The van der Waals surface area contributed by atoms with Gasteiger partial charge in [-0.05, 0) is 37.1 Å². The van der Waals surface area contributed by atoms with Crippen LogP contribution in [0.4, 0.5) is 10.1 Å². The minimum atomic E-state index is -0.219. The molecule has 0 unspecified atom stereocenters. The van der Waals surface area contributed by atoms with E-state index in [2.05, 4.69) is 16.9 Å². The van der Waals surface area contributed by atoms with Gasteiger partial charge < -0.3 is 5.73 Å². The van der Waals surface area contributed by atoms with Crippen LogP contribution in [0.3, 0.4) is 0 Å². The fourth-order valence-corrected chi connectivity index (χ4v) is 1.79. The molecule has 94 valence electrons. The second-order valence-electron chi connectivity index (χ2n) is 4.31. The molecule has 4 heteroatoms. The molecule has 0 aliphatic heterocycles. The molecule has 2 aromatic rings. The van der Waals surface area contributed by atoms with Gasteiger partial charge in [-0.15, -0.1) is 0 Å². The molecule has 0 aliphatic carbocycles. The molecular weight excluding hydrogens is 229 g/mol. The smallest absolute Gasteiger partial charge is 0.159 e. The SMILES string of the molecule is CCCc1nc(-c2ccc(F)c(C)c2)ncc1N. The Morgan fingerprint density at radius 2 is 2.11 bits per heavy atom. The summed E-state index contributed by atoms with van der Waals surface area (Å²) in [7, 11) is 0. The molecular formula is C14H16FN3. The molecule has 1 heterocycles. The Bertz CT molecular complexity index is 567. The molecule has 0 fully saturated rings.